The number of likely N-dealkylation sites (tertiary alicyclic amines) is 1. The van der Waals surface area contributed by atoms with Crippen molar-refractivity contribution in [2.45, 2.75) is 38.8 Å². The average Bonchev–Trinajstić information content (AvgIpc) is 3.42. The zero-order valence-electron chi connectivity index (χ0n) is 15.8. The molecule has 4 rings (SSSR count). The molecule has 0 aliphatic carbocycles. The Morgan fingerprint density at radius 1 is 1.30 bits per heavy atom. The van der Waals surface area contributed by atoms with Crippen LogP contribution in [-0.2, 0) is 0 Å². The number of nitrogens with zero attached hydrogens (tertiary/aromatic N) is 4. The number of rotatable bonds is 6. The zero-order valence-corrected chi connectivity index (χ0v) is 16.6. The van der Waals surface area contributed by atoms with Crippen LogP contribution in [0.15, 0.2) is 36.0 Å². The Bertz CT molecular complexity index is 912. The third-order valence-electron chi connectivity index (χ3n) is 5.09. The van der Waals surface area contributed by atoms with Crippen molar-refractivity contribution in [2.75, 3.05) is 19.6 Å². The summed E-state index contributed by atoms with van der Waals surface area (Å²) in [6, 6.07) is 6.60. The maximum atomic E-state index is 12.7. The van der Waals surface area contributed by atoms with Gasteiger partial charge in [0.05, 0.1) is 17.8 Å². The van der Waals surface area contributed by atoms with Crippen LogP contribution in [0.1, 0.15) is 54.0 Å². The highest BCUT2D eigenvalue weighted by Gasteiger charge is 2.25. The summed E-state index contributed by atoms with van der Waals surface area (Å²) in [5.74, 6) is -0.0811. The van der Waals surface area contributed by atoms with Gasteiger partial charge in [-0.2, -0.15) is 5.10 Å². The predicted molar refractivity (Wildman–Crippen MR) is 108 cm³/mol. The Labute approximate surface area is 163 Å². The van der Waals surface area contributed by atoms with E-state index in [2.05, 4.69) is 51.7 Å². The molecule has 7 heteroatoms. The first kappa shape index (κ1) is 18.1. The lowest BCUT2D eigenvalue weighted by atomic mass is 10.2. The SMILES string of the molecule is CC(C)n1ncc2cc(C(=O)NCC(c3cccs3)N3CCCC3)cnc21. The monoisotopic (exact) mass is 383 g/mol. The summed E-state index contributed by atoms with van der Waals surface area (Å²) in [5, 5.41) is 10.5. The molecule has 3 aromatic rings. The smallest absolute Gasteiger partial charge is 0.252 e. The van der Waals surface area contributed by atoms with E-state index in [0.717, 1.165) is 24.1 Å². The molecule has 1 saturated heterocycles. The summed E-state index contributed by atoms with van der Waals surface area (Å²) in [6.45, 7) is 6.94. The van der Waals surface area contributed by atoms with Crippen molar-refractivity contribution in [3.63, 3.8) is 0 Å². The summed E-state index contributed by atoms with van der Waals surface area (Å²) >= 11 is 1.76. The van der Waals surface area contributed by atoms with E-state index in [0.29, 0.717) is 12.1 Å². The number of amides is 1. The van der Waals surface area contributed by atoms with E-state index in [1.807, 2.05) is 10.7 Å². The van der Waals surface area contributed by atoms with E-state index in [1.54, 1.807) is 23.7 Å². The number of carbonyl (C=O) groups is 1. The molecule has 3 aromatic heterocycles. The van der Waals surface area contributed by atoms with Gasteiger partial charge in [0, 0.05) is 29.0 Å². The van der Waals surface area contributed by atoms with Gasteiger partial charge in [0.25, 0.3) is 5.91 Å². The largest absolute Gasteiger partial charge is 0.350 e. The molecule has 1 N–H and O–H groups in total. The van der Waals surface area contributed by atoms with E-state index < -0.39 is 0 Å². The number of nitrogens with one attached hydrogen (secondary N) is 1. The molecular weight excluding hydrogens is 358 g/mol. The molecule has 0 aromatic carbocycles. The Morgan fingerprint density at radius 3 is 2.81 bits per heavy atom. The van der Waals surface area contributed by atoms with Crippen molar-refractivity contribution in [1.29, 1.82) is 0 Å². The van der Waals surface area contributed by atoms with Crippen molar-refractivity contribution >= 4 is 28.3 Å². The fourth-order valence-corrected chi connectivity index (χ4v) is 4.54. The number of aromatic nitrogens is 3. The van der Waals surface area contributed by atoms with Crippen molar-refractivity contribution in [2.24, 2.45) is 0 Å². The molecule has 1 aliphatic heterocycles. The van der Waals surface area contributed by atoms with Gasteiger partial charge in [-0.05, 0) is 57.3 Å². The van der Waals surface area contributed by atoms with Gasteiger partial charge in [0.2, 0.25) is 0 Å². The zero-order chi connectivity index (χ0) is 18.8. The van der Waals surface area contributed by atoms with Gasteiger partial charge in [-0.1, -0.05) is 6.07 Å². The van der Waals surface area contributed by atoms with Gasteiger partial charge >= 0.3 is 0 Å². The molecule has 0 bridgehead atoms. The fraction of sp³-hybridized carbons (Fsp3) is 0.450. The molecule has 1 atom stereocenters. The summed E-state index contributed by atoms with van der Waals surface area (Å²) < 4.78 is 1.87. The van der Waals surface area contributed by atoms with Crippen LogP contribution < -0.4 is 5.32 Å². The first-order valence-corrected chi connectivity index (χ1v) is 10.4. The van der Waals surface area contributed by atoms with Crippen LogP contribution in [0.25, 0.3) is 11.0 Å². The normalized spacial score (nSPS) is 16.3. The van der Waals surface area contributed by atoms with E-state index in [1.165, 1.54) is 17.7 Å². The highest BCUT2D eigenvalue weighted by molar-refractivity contribution is 7.10. The third kappa shape index (κ3) is 3.75. The lowest BCUT2D eigenvalue weighted by molar-refractivity contribution is 0.0938. The molecule has 0 radical (unpaired) electrons. The number of hydrogen-bond acceptors (Lipinski definition) is 5. The molecule has 0 spiro atoms. The molecule has 142 valence electrons. The van der Waals surface area contributed by atoms with Crippen LogP contribution in [0.3, 0.4) is 0 Å². The Kier molecular flexibility index (Phi) is 5.22. The molecule has 4 heterocycles. The quantitative estimate of drug-likeness (QED) is 0.706. The topological polar surface area (TPSA) is 63.1 Å². The van der Waals surface area contributed by atoms with Crippen molar-refractivity contribution in [1.82, 2.24) is 25.0 Å². The second-order valence-electron chi connectivity index (χ2n) is 7.30. The summed E-state index contributed by atoms with van der Waals surface area (Å²) in [7, 11) is 0. The summed E-state index contributed by atoms with van der Waals surface area (Å²) in [5.41, 5.74) is 1.40. The Balaban J connectivity index is 1.48. The minimum Gasteiger partial charge on any atom is -0.350 e. The van der Waals surface area contributed by atoms with Crippen LogP contribution >= 0.6 is 11.3 Å². The molecule has 27 heavy (non-hydrogen) atoms. The van der Waals surface area contributed by atoms with Crippen LogP contribution in [0, 0.1) is 0 Å². The molecule has 0 saturated carbocycles. The summed E-state index contributed by atoms with van der Waals surface area (Å²) in [6.07, 6.45) is 5.89. The van der Waals surface area contributed by atoms with Crippen molar-refractivity contribution < 1.29 is 4.79 Å². The predicted octanol–water partition coefficient (Wildman–Crippen LogP) is 3.64. The number of pyridine rings is 1. The molecule has 1 fully saturated rings. The number of thiophene rings is 1. The second-order valence-corrected chi connectivity index (χ2v) is 8.28. The molecule has 1 aliphatic rings. The summed E-state index contributed by atoms with van der Waals surface area (Å²) in [4.78, 5) is 21.0. The highest BCUT2D eigenvalue weighted by Crippen LogP contribution is 2.28. The van der Waals surface area contributed by atoms with E-state index in [-0.39, 0.29) is 18.0 Å². The van der Waals surface area contributed by atoms with Crippen molar-refractivity contribution in [3.05, 3.63) is 46.4 Å². The van der Waals surface area contributed by atoms with Crippen LogP contribution in [0.5, 0.6) is 0 Å². The Hall–Kier alpha value is -2.25. The maximum absolute atomic E-state index is 12.7. The van der Waals surface area contributed by atoms with Gasteiger partial charge in [-0.3, -0.25) is 9.69 Å². The lowest BCUT2D eigenvalue weighted by Crippen LogP contribution is -2.36. The van der Waals surface area contributed by atoms with Gasteiger partial charge in [0.15, 0.2) is 5.65 Å². The molecule has 1 amide bonds. The molecular formula is C20H25N5OS. The van der Waals surface area contributed by atoms with E-state index in [9.17, 15) is 4.79 Å². The minimum absolute atomic E-state index is 0.0811. The number of carbonyl (C=O) groups excluding carboxylic acids is 1. The van der Waals surface area contributed by atoms with Crippen LogP contribution in [0.4, 0.5) is 0 Å². The minimum atomic E-state index is -0.0811. The Morgan fingerprint density at radius 2 is 2.11 bits per heavy atom. The van der Waals surface area contributed by atoms with E-state index >= 15 is 0 Å². The average molecular weight is 384 g/mol. The maximum Gasteiger partial charge on any atom is 0.252 e. The van der Waals surface area contributed by atoms with Crippen molar-refractivity contribution in [3.8, 4) is 0 Å². The van der Waals surface area contributed by atoms with Gasteiger partial charge < -0.3 is 5.32 Å². The van der Waals surface area contributed by atoms with E-state index in [4.69, 9.17) is 0 Å². The third-order valence-corrected chi connectivity index (χ3v) is 6.07. The first-order chi connectivity index (χ1) is 13.1. The lowest BCUT2D eigenvalue weighted by Gasteiger charge is -2.26. The molecule has 6 nitrogen and oxygen atoms in total. The fourth-order valence-electron chi connectivity index (χ4n) is 3.68. The number of hydrogen-bond donors (Lipinski definition) is 1. The standard InChI is InChI=1S/C20H25N5OS/c1-14(2)25-19-15(12-23-25)10-16(11-21-19)20(26)22-13-17(18-6-5-9-27-18)24-7-3-4-8-24/h5-6,9-12,14,17H,3-4,7-8,13H2,1-2H3,(H,22,26). The van der Waals surface area contributed by atoms with Gasteiger partial charge in [0.1, 0.15) is 0 Å². The van der Waals surface area contributed by atoms with Gasteiger partial charge in [-0.25, -0.2) is 9.67 Å². The number of fused-ring (bicyclic) bond motifs is 1. The highest BCUT2D eigenvalue weighted by atomic mass is 32.1. The van der Waals surface area contributed by atoms with Gasteiger partial charge in [-0.15, -0.1) is 11.3 Å². The first-order valence-electron chi connectivity index (χ1n) is 9.52. The second kappa shape index (κ2) is 7.78. The molecule has 1 unspecified atom stereocenters. The van der Waals surface area contributed by atoms with Crippen LogP contribution in [-0.4, -0.2) is 45.2 Å². The van der Waals surface area contributed by atoms with Crippen LogP contribution in [0.2, 0.25) is 0 Å².